The fraction of sp³-hybridized carbons (Fsp3) is 0.500. The van der Waals surface area contributed by atoms with Crippen molar-refractivity contribution in [3.8, 4) is 0 Å². The van der Waals surface area contributed by atoms with Crippen LogP contribution < -0.4 is 34.9 Å². The van der Waals surface area contributed by atoms with Gasteiger partial charge in [-0.25, -0.2) is 4.79 Å². The van der Waals surface area contributed by atoms with E-state index in [0.717, 1.165) is 18.4 Å². The quantitative estimate of drug-likeness (QED) is 0.556. The molecular weight excluding hydrogens is 301 g/mol. The minimum absolute atomic E-state index is 0. The summed E-state index contributed by atoms with van der Waals surface area (Å²) in [5.41, 5.74) is 0.939. The number of rotatable bonds is 5. The Morgan fingerprint density at radius 2 is 2.05 bits per heavy atom. The van der Waals surface area contributed by atoms with Gasteiger partial charge >= 0.3 is 35.7 Å². The number of amides is 1. The molecule has 1 aliphatic rings. The molecule has 2 rings (SSSR count). The van der Waals surface area contributed by atoms with Crippen LogP contribution in [0.2, 0.25) is 0 Å². The van der Waals surface area contributed by atoms with Gasteiger partial charge in [0.1, 0.15) is 6.61 Å². The molecule has 0 saturated heterocycles. The number of hydrogen-bond acceptors (Lipinski definition) is 4. The Labute approximate surface area is 149 Å². The fourth-order valence-electron chi connectivity index (χ4n) is 2.48. The summed E-state index contributed by atoms with van der Waals surface area (Å²) in [5, 5.41) is 2.79. The van der Waals surface area contributed by atoms with E-state index in [1.807, 2.05) is 30.3 Å². The summed E-state index contributed by atoms with van der Waals surface area (Å²) in [4.78, 5) is 11.6. The molecule has 0 radical (unpaired) electrons. The molecule has 1 aromatic rings. The number of nitrogens with one attached hydrogen (secondary N) is 1. The van der Waals surface area contributed by atoms with Gasteiger partial charge in [0.25, 0.3) is 0 Å². The van der Waals surface area contributed by atoms with Crippen LogP contribution in [0.5, 0.6) is 0 Å². The predicted molar refractivity (Wildman–Crippen MR) is 74.7 cm³/mol. The van der Waals surface area contributed by atoms with Crippen molar-refractivity contribution in [3.05, 3.63) is 35.9 Å². The van der Waals surface area contributed by atoms with Crippen molar-refractivity contribution in [2.45, 2.75) is 31.9 Å². The van der Waals surface area contributed by atoms with E-state index in [2.05, 4.69) is 5.32 Å². The summed E-state index contributed by atoms with van der Waals surface area (Å²) < 4.78 is 26.4. The van der Waals surface area contributed by atoms with Crippen molar-refractivity contribution in [1.82, 2.24) is 5.32 Å². The van der Waals surface area contributed by atoms with E-state index >= 15 is 0 Å². The van der Waals surface area contributed by atoms with Crippen LogP contribution >= 0.6 is 0 Å². The third-order valence-corrected chi connectivity index (χ3v) is 4.19. The van der Waals surface area contributed by atoms with Gasteiger partial charge in [-0.1, -0.05) is 41.4 Å². The Morgan fingerprint density at radius 3 is 2.71 bits per heavy atom. The standard InChI is InChI=1S/C14H19NO4S.Na/c16-14(19-9-11-4-2-1-3-5-11)15-13-7-6-12(8-13)10-20(17)18;/h1-5,12-13H,6-10H2,(H,15,16)(H,17,18);/q;+1/p-1/t12-,13+;/m0./s1. The van der Waals surface area contributed by atoms with Gasteiger partial charge in [0.2, 0.25) is 0 Å². The van der Waals surface area contributed by atoms with Crippen LogP contribution in [-0.4, -0.2) is 26.6 Å². The molecule has 5 nitrogen and oxygen atoms in total. The maximum atomic E-state index is 11.6. The van der Waals surface area contributed by atoms with Crippen molar-refractivity contribution in [1.29, 1.82) is 0 Å². The zero-order chi connectivity index (χ0) is 14.4. The Morgan fingerprint density at radius 1 is 1.33 bits per heavy atom. The first-order chi connectivity index (χ1) is 9.63. The maximum Gasteiger partial charge on any atom is 1.00 e. The SMILES string of the molecule is O=C(N[C@@H]1CC[C@H](CS(=O)[O-])C1)OCc1ccccc1.[Na+]. The van der Waals surface area contributed by atoms with Crippen LogP contribution in [0.4, 0.5) is 4.79 Å². The van der Waals surface area contributed by atoms with E-state index in [1.165, 1.54) is 0 Å². The second kappa shape index (κ2) is 9.58. The Hall–Kier alpha value is -0.400. The fourth-order valence-corrected chi connectivity index (χ4v) is 3.17. The first kappa shape index (κ1) is 18.6. The summed E-state index contributed by atoms with van der Waals surface area (Å²) >= 11 is -2.01. The molecule has 0 aromatic heterocycles. The van der Waals surface area contributed by atoms with Gasteiger partial charge in [0.15, 0.2) is 0 Å². The summed E-state index contributed by atoms with van der Waals surface area (Å²) in [6.45, 7) is 0.243. The average Bonchev–Trinajstić information content (AvgIpc) is 2.84. The summed E-state index contributed by atoms with van der Waals surface area (Å²) in [7, 11) is 0. The number of ether oxygens (including phenoxy) is 1. The molecule has 7 heteroatoms. The van der Waals surface area contributed by atoms with E-state index in [9.17, 15) is 13.6 Å². The van der Waals surface area contributed by atoms with Crippen LogP contribution in [0, 0.1) is 5.92 Å². The van der Waals surface area contributed by atoms with Gasteiger partial charge in [-0.15, -0.1) is 0 Å². The zero-order valence-corrected chi connectivity index (χ0v) is 14.9. The first-order valence-electron chi connectivity index (χ1n) is 6.66. The maximum absolute atomic E-state index is 11.6. The van der Waals surface area contributed by atoms with Crippen LogP contribution in [-0.2, 0) is 22.4 Å². The van der Waals surface area contributed by atoms with Crippen LogP contribution in [0.3, 0.4) is 0 Å². The molecule has 0 bridgehead atoms. The molecule has 1 aliphatic carbocycles. The van der Waals surface area contributed by atoms with Crippen molar-refractivity contribution in [3.63, 3.8) is 0 Å². The Balaban J connectivity index is 0.00000220. The van der Waals surface area contributed by atoms with E-state index in [-0.39, 0.29) is 53.9 Å². The Bertz CT molecular complexity index is 471. The second-order valence-electron chi connectivity index (χ2n) is 5.05. The van der Waals surface area contributed by atoms with Crippen LogP contribution in [0.25, 0.3) is 0 Å². The van der Waals surface area contributed by atoms with Crippen LogP contribution in [0.1, 0.15) is 24.8 Å². The summed E-state index contributed by atoms with van der Waals surface area (Å²) in [5.74, 6) is 0.324. The molecule has 3 atom stereocenters. The average molecular weight is 319 g/mol. The van der Waals surface area contributed by atoms with Crippen molar-refractivity contribution in [2.75, 3.05) is 5.75 Å². The number of carbonyl (C=O) groups is 1. The van der Waals surface area contributed by atoms with Gasteiger partial charge < -0.3 is 14.6 Å². The molecule has 1 fully saturated rings. The van der Waals surface area contributed by atoms with E-state index < -0.39 is 17.2 Å². The largest absolute Gasteiger partial charge is 1.00 e. The molecule has 0 spiro atoms. The van der Waals surface area contributed by atoms with E-state index in [1.54, 1.807) is 0 Å². The van der Waals surface area contributed by atoms with Crippen molar-refractivity contribution in [2.24, 2.45) is 5.92 Å². The topological polar surface area (TPSA) is 78.5 Å². The number of hydrogen-bond donors (Lipinski definition) is 1. The normalized spacial score (nSPS) is 22.1. The van der Waals surface area contributed by atoms with Gasteiger partial charge in [-0.05, 0) is 30.7 Å². The van der Waals surface area contributed by atoms with Crippen molar-refractivity contribution >= 4 is 17.2 Å². The molecule has 0 aliphatic heterocycles. The zero-order valence-electron chi connectivity index (χ0n) is 12.1. The minimum Gasteiger partial charge on any atom is -0.772 e. The smallest absolute Gasteiger partial charge is 0.772 e. The Kier molecular flexibility index (Phi) is 8.51. The first-order valence-corrected chi connectivity index (χ1v) is 7.91. The number of carbonyl (C=O) groups excluding carboxylic acids is 1. The van der Waals surface area contributed by atoms with E-state index in [0.29, 0.717) is 6.42 Å². The third-order valence-electron chi connectivity index (χ3n) is 3.45. The minimum atomic E-state index is -2.01. The third kappa shape index (κ3) is 6.93. The molecule has 1 saturated carbocycles. The van der Waals surface area contributed by atoms with E-state index in [4.69, 9.17) is 4.74 Å². The van der Waals surface area contributed by atoms with Gasteiger partial charge in [-0.3, -0.25) is 4.21 Å². The number of benzene rings is 1. The molecule has 1 unspecified atom stereocenters. The molecule has 1 N–H and O–H groups in total. The number of alkyl carbamates (subject to hydrolysis) is 1. The van der Waals surface area contributed by atoms with Gasteiger partial charge in [-0.2, -0.15) is 0 Å². The predicted octanol–water partition coefficient (Wildman–Crippen LogP) is -1.04. The molecular formula is C14H18NNaO4S. The summed E-state index contributed by atoms with van der Waals surface area (Å²) in [6.07, 6.45) is 1.90. The monoisotopic (exact) mass is 319 g/mol. The molecule has 0 heterocycles. The summed E-state index contributed by atoms with van der Waals surface area (Å²) in [6, 6.07) is 9.49. The molecule has 21 heavy (non-hydrogen) atoms. The van der Waals surface area contributed by atoms with Crippen molar-refractivity contribution < 1.29 is 47.9 Å². The van der Waals surface area contributed by atoms with Gasteiger partial charge in [0.05, 0.1) is 0 Å². The molecule has 1 aromatic carbocycles. The molecule has 110 valence electrons. The van der Waals surface area contributed by atoms with Crippen LogP contribution in [0.15, 0.2) is 30.3 Å². The van der Waals surface area contributed by atoms with Gasteiger partial charge in [0, 0.05) is 11.8 Å². The molecule has 1 amide bonds. The second-order valence-corrected chi connectivity index (χ2v) is 5.99.